The molecule has 1 aromatic carbocycles. The zero-order valence-electron chi connectivity index (χ0n) is 11.2. The quantitative estimate of drug-likeness (QED) is 0.812. The van der Waals surface area contributed by atoms with Gasteiger partial charge < -0.3 is 19.9 Å². The lowest BCUT2D eigenvalue weighted by atomic mass is 10.2. The molecule has 0 bridgehead atoms. The average Bonchev–Trinajstić information content (AvgIpc) is 3.22. The van der Waals surface area contributed by atoms with Crippen molar-refractivity contribution in [3.8, 4) is 11.5 Å². The molecule has 1 aliphatic rings. The van der Waals surface area contributed by atoms with Crippen molar-refractivity contribution in [1.82, 2.24) is 5.32 Å². The number of benzene rings is 1. The number of hydrogen-bond acceptors (Lipinski definition) is 4. The van der Waals surface area contributed by atoms with Gasteiger partial charge >= 0.3 is 0 Å². The summed E-state index contributed by atoms with van der Waals surface area (Å²) in [5, 5.41) is 12.0. The highest BCUT2D eigenvalue weighted by Crippen LogP contribution is 2.29. The SMILES string of the molecule is COc1cc(CO)ccc1OC(C)C(=O)NC1CC1. The normalized spacial score (nSPS) is 15.7. The molecule has 104 valence electrons. The van der Waals surface area contributed by atoms with E-state index in [-0.39, 0.29) is 12.5 Å². The molecule has 1 saturated carbocycles. The molecule has 0 saturated heterocycles. The maximum absolute atomic E-state index is 11.8. The van der Waals surface area contributed by atoms with Crippen LogP contribution < -0.4 is 14.8 Å². The van der Waals surface area contributed by atoms with E-state index in [0.717, 1.165) is 18.4 Å². The summed E-state index contributed by atoms with van der Waals surface area (Å²) in [6.07, 6.45) is 1.52. The minimum Gasteiger partial charge on any atom is -0.493 e. The van der Waals surface area contributed by atoms with Gasteiger partial charge in [-0.2, -0.15) is 0 Å². The molecular weight excluding hydrogens is 246 g/mol. The summed E-state index contributed by atoms with van der Waals surface area (Å²) in [4.78, 5) is 11.8. The first-order chi connectivity index (χ1) is 9.13. The van der Waals surface area contributed by atoms with Gasteiger partial charge in [-0.1, -0.05) is 6.07 Å². The largest absolute Gasteiger partial charge is 0.493 e. The Bertz CT molecular complexity index is 457. The summed E-state index contributed by atoms with van der Waals surface area (Å²) in [7, 11) is 1.53. The van der Waals surface area contributed by atoms with Crippen molar-refractivity contribution < 1.29 is 19.4 Å². The van der Waals surface area contributed by atoms with E-state index in [4.69, 9.17) is 14.6 Å². The molecule has 1 aliphatic carbocycles. The topological polar surface area (TPSA) is 67.8 Å². The van der Waals surface area contributed by atoms with Gasteiger partial charge in [0.05, 0.1) is 13.7 Å². The predicted octanol–water partition coefficient (Wildman–Crippen LogP) is 1.23. The van der Waals surface area contributed by atoms with Gasteiger partial charge in [0.2, 0.25) is 0 Å². The molecule has 5 heteroatoms. The number of aliphatic hydroxyl groups is 1. The van der Waals surface area contributed by atoms with E-state index in [1.54, 1.807) is 25.1 Å². The number of aliphatic hydroxyl groups excluding tert-OH is 1. The number of carbonyl (C=O) groups excluding carboxylic acids is 1. The fourth-order valence-corrected chi connectivity index (χ4v) is 1.70. The number of carbonyl (C=O) groups is 1. The van der Waals surface area contributed by atoms with Crippen LogP contribution in [-0.2, 0) is 11.4 Å². The van der Waals surface area contributed by atoms with Crippen LogP contribution in [0.5, 0.6) is 11.5 Å². The Morgan fingerprint density at radius 2 is 2.21 bits per heavy atom. The van der Waals surface area contributed by atoms with Gasteiger partial charge in [0.25, 0.3) is 5.91 Å². The molecule has 19 heavy (non-hydrogen) atoms. The van der Waals surface area contributed by atoms with Gasteiger partial charge in [0.1, 0.15) is 0 Å². The summed E-state index contributed by atoms with van der Waals surface area (Å²) in [6.45, 7) is 1.64. The zero-order valence-corrected chi connectivity index (χ0v) is 11.2. The Hall–Kier alpha value is -1.75. The second-order valence-corrected chi connectivity index (χ2v) is 4.69. The highest BCUT2D eigenvalue weighted by atomic mass is 16.5. The maximum Gasteiger partial charge on any atom is 0.260 e. The number of rotatable bonds is 6. The number of ether oxygens (including phenoxy) is 2. The molecule has 0 spiro atoms. The molecule has 0 aliphatic heterocycles. The Kier molecular flexibility index (Phi) is 4.27. The van der Waals surface area contributed by atoms with Crippen molar-refractivity contribution in [1.29, 1.82) is 0 Å². The van der Waals surface area contributed by atoms with Gasteiger partial charge in [0.15, 0.2) is 17.6 Å². The molecule has 2 N–H and O–H groups in total. The van der Waals surface area contributed by atoms with E-state index in [1.807, 2.05) is 0 Å². The van der Waals surface area contributed by atoms with Crippen LogP contribution in [0.4, 0.5) is 0 Å². The third-order valence-electron chi connectivity index (χ3n) is 3.01. The Balaban J connectivity index is 2.02. The van der Waals surface area contributed by atoms with Gasteiger partial charge in [-0.15, -0.1) is 0 Å². The van der Waals surface area contributed by atoms with Crippen LogP contribution in [0, 0.1) is 0 Å². The van der Waals surface area contributed by atoms with E-state index >= 15 is 0 Å². The molecule has 1 aromatic rings. The van der Waals surface area contributed by atoms with Crippen molar-refractivity contribution in [3.63, 3.8) is 0 Å². The molecule has 1 atom stereocenters. The van der Waals surface area contributed by atoms with E-state index < -0.39 is 6.10 Å². The Labute approximate surface area is 112 Å². The van der Waals surface area contributed by atoms with Crippen molar-refractivity contribution in [2.75, 3.05) is 7.11 Å². The molecule has 0 heterocycles. The molecular formula is C14H19NO4. The van der Waals surface area contributed by atoms with Crippen LogP contribution in [0.1, 0.15) is 25.3 Å². The molecule has 1 unspecified atom stereocenters. The highest BCUT2D eigenvalue weighted by Gasteiger charge is 2.26. The highest BCUT2D eigenvalue weighted by molar-refractivity contribution is 5.81. The van der Waals surface area contributed by atoms with E-state index in [1.165, 1.54) is 7.11 Å². The maximum atomic E-state index is 11.8. The third-order valence-corrected chi connectivity index (χ3v) is 3.01. The lowest BCUT2D eigenvalue weighted by molar-refractivity contribution is -0.127. The molecule has 2 rings (SSSR count). The summed E-state index contributed by atoms with van der Waals surface area (Å²) in [6, 6.07) is 5.45. The summed E-state index contributed by atoms with van der Waals surface area (Å²) in [5.41, 5.74) is 0.735. The van der Waals surface area contributed by atoms with Crippen LogP contribution in [0.2, 0.25) is 0 Å². The van der Waals surface area contributed by atoms with Crippen LogP contribution >= 0.6 is 0 Å². The van der Waals surface area contributed by atoms with Crippen LogP contribution in [-0.4, -0.2) is 30.3 Å². The second-order valence-electron chi connectivity index (χ2n) is 4.69. The fraction of sp³-hybridized carbons (Fsp3) is 0.500. The first kappa shape index (κ1) is 13.7. The van der Waals surface area contributed by atoms with E-state index in [9.17, 15) is 4.79 Å². The van der Waals surface area contributed by atoms with Crippen molar-refractivity contribution in [2.45, 2.75) is 38.5 Å². The summed E-state index contributed by atoms with van der Waals surface area (Å²) < 4.78 is 10.8. The number of amides is 1. The van der Waals surface area contributed by atoms with Crippen molar-refractivity contribution >= 4 is 5.91 Å². The molecule has 1 amide bonds. The first-order valence-electron chi connectivity index (χ1n) is 6.39. The summed E-state index contributed by atoms with van der Waals surface area (Å²) in [5.74, 6) is 0.895. The van der Waals surface area contributed by atoms with Gasteiger partial charge in [-0.05, 0) is 37.5 Å². The third kappa shape index (κ3) is 3.61. The second kappa shape index (κ2) is 5.93. The lowest BCUT2D eigenvalue weighted by Crippen LogP contribution is -2.37. The monoisotopic (exact) mass is 265 g/mol. The Morgan fingerprint density at radius 1 is 1.47 bits per heavy atom. The number of hydrogen-bond donors (Lipinski definition) is 2. The fourth-order valence-electron chi connectivity index (χ4n) is 1.70. The smallest absolute Gasteiger partial charge is 0.260 e. The minimum atomic E-state index is -0.575. The average molecular weight is 265 g/mol. The molecule has 1 fully saturated rings. The van der Waals surface area contributed by atoms with Crippen molar-refractivity contribution in [3.05, 3.63) is 23.8 Å². The molecule has 0 aromatic heterocycles. The number of methoxy groups -OCH3 is 1. The van der Waals surface area contributed by atoms with Crippen molar-refractivity contribution in [2.24, 2.45) is 0 Å². The summed E-state index contributed by atoms with van der Waals surface area (Å²) >= 11 is 0. The predicted molar refractivity (Wildman–Crippen MR) is 70.2 cm³/mol. The van der Waals surface area contributed by atoms with Gasteiger partial charge in [0, 0.05) is 6.04 Å². The van der Waals surface area contributed by atoms with Crippen LogP contribution in [0.3, 0.4) is 0 Å². The Morgan fingerprint density at radius 3 is 2.79 bits per heavy atom. The van der Waals surface area contributed by atoms with Crippen LogP contribution in [0.25, 0.3) is 0 Å². The van der Waals surface area contributed by atoms with Gasteiger partial charge in [-0.3, -0.25) is 4.79 Å². The number of nitrogens with one attached hydrogen (secondary N) is 1. The zero-order chi connectivity index (χ0) is 13.8. The van der Waals surface area contributed by atoms with E-state index in [0.29, 0.717) is 17.5 Å². The molecule has 0 radical (unpaired) electrons. The lowest BCUT2D eigenvalue weighted by Gasteiger charge is -2.17. The minimum absolute atomic E-state index is 0.0612. The van der Waals surface area contributed by atoms with E-state index in [2.05, 4.69) is 5.32 Å². The molecule has 5 nitrogen and oxygen atoms in total. The van der Waals surface area contributed by atoms with Gasteiger partial charge in [-0.25, -0.2) is 0 Å². The first-order valence-corrected chi connectivity index (χ1v) is 6.39. The van der Waals surface area contributed by atoms with Crippen LogP contribution in [0.15, 0.2) is 18.2 Å². The standard InChI is InChI=1S/C14H19NO4/c1-9(14(17)15-11-4-5-11)19-12-6-3-10(8-16)7-13(12)18-2/h3,6-7,9,11,16H,4-5,8H2,1-2H3,(H,15,17).